The number of benzene rings is 3. The number of carbonyl (C=O) groups excluding carboxylic acids is 3. The number of aryl methyl sites for hydroxylation is 2. The highest BCUT2D eigenvalue weighted by Gasteiger charge is 2.55. The van der Waals surface area contributed by atoms with E-state index in [0.717, 1.165) is 11.1 Å². The third-order valence-electron chi connectivity index (χ3n) is 5.70. The van der Waals surface area contributed by atoms with Gasteiger partial charge in [0.1, 0.15) is 5.41 Å². The molecule has 0 atom stereocenters. The molecule has 1 aliphatic carbocycles. The van der Waals surface area contributed by atoms with Crippen LogP contribution in [0.3, 0.4) is 0 Å². The van der Waals surface area contributed by atoms with Crippen LogP contribution in [0.4, 0.5) is 5.69 Å². The van der Waals surface area contributed by atoms with E-state index in [0.29, 0.717) is 27.4 Å². The first kappa shape index (κ1) is 20.0. The number of halogens is 1. The van der Waals surface area contributed by atoms with E-state index in [1.165, 1.54) is 0 Å². The number of hydrogen-bond acceptors (Lipinski definition) is 3. The molecule has 0 aliphatic heterocycles. The van der Waals surface area contributed by atoms with Crippen LogP contribution in [0.25, 0.3) is 0 Å². The van der Waals surface area contributed by atoms with Crippen molar-refractivity contribution < 1.29 is 14.4 Å². The zero-order valence-electron chi connectivity index (χ0n) is 16.7. The normalized spacial score (nSPS) is 14.5. The van der Waals surface area contributed by atoms with Gasteiger partial charge < -0.3 is 5.32 Å². The summed E-state index contributed by atoms with van der Waals surface area (Å²) in [6.45, 7) is 3.80. The lowest BCUT2D eigenvalue weighted by Gasteiger charge is -2.26. The van der Waals surface area contributed by atoms with Gasteiger partial charge in [-0.05, 0) is 42.7 Å². The van der Waals surface area contributed by atoms with Crippen LogP contribution in [0, 0.1) is 13.8 Å². The van der Waals surface area contributed by atoms with Gasteiger partial charge in [-0.3, -0.25) is 14.4 Å². The summed E-state index contributed by atoms with van der Waals surface area (Å²) in [5.41, 5.74) is 2.08. The predicted octanol–water partition coefficient (Wildman–Crippen LogP) is 5.30. The minimum absolute atomic E-state index is 0.283. The maximum atomic E-state index is 13.5. The second-order valence-electron chi connectivity index (χ2n) is 7.61. The van der Waals surface area contributed by atoms with Crippen LogP contribution in [-0.2, 0) is 10.2 Å². The van der Waals surface area contributed by atoms with Crippen molar-refractivity contribution in [1.82, 2.24) is 0 Å². The minimum atomic E-state index is -1.60. The minimum Gasteiger partial charge on any atom is -0.326 e. The fraction of sp³-hybridized carbons (Fsp3) is 0.160. The summed E-state index contributed by atoms with van der Waals surface area (Å²) < 4.78 is 0. The van der Waals surface area contributed by atoms with Gasteiger partial charge >= 0.3 is 0 Å². The highest BCUT2D eigenvalue weighted by molar-refractivity contribution is 6.34. The molecular formula is C25H20ClNO3. The number of ketones is 2. The Kier molecular flexibility index (Phi) is 5.04. The van der Waals surface area contributed by atoms with E-state index in [9.17, 15) is 14.4 Å². The van der Waals surface area contributed by atoms with E-state index in [1.807, 2.05) is 32.0 Å². The summed E-state index contributed by atoms with van der Waals surface area (Å²) in [7, 11) is 0. The number of nitrogens with one attached hydrogen (secondary N) is 1. The van der Waals surface area contributed by atoms with Crippen molar-refractivity contribution in [2.45, 2.75) is 25.7 Å². The van der Waals surface area contributed by atoms with E-state index in [2.05, 4.69) is 5.32 Å². The molecule has 4 nitrogen and oxygen atoms in total. The smallest absolute Gasteiger partial charge is 0.226 e. The Morgan fingerprint density at radius 3 is 1.90 bits per heavy atom. The molecule has 30 heavy (non-hydrogen) atoms. The van der Waals surface area contributed by atoms with Crippen LogP contribution in [0.5, 0.6) is 0 Å². The lowest BCUT2D eigenvalue weighted by Crippen LogP contribution is -2.42. The molecule has 4 rings (SSSR count). The second kappa shape index (κ2) is 7.54. The first-order valence-corrected chi connectivity index (χ1v) is 10.0. The van der Waals surface area contributed by atoms with Gasteiger partial charge in [0, 0.05) is 21.8 Å². The molecule has 0 spiro atoms. The van der Waals surface area contributed by atoms with Crippen molar-refractivity contribution in [2.24, 2.45) is 0 Å². The Balaban J connectivity index is 1.78. The Bertz CT molecular complexity index is 1130. The van der Waals surface area contributed by atoms with Crippen LogP contribution in [0.15, 0.2) is 66.7 Å². The number of para-hydroxylation sites is 1. The molecule has 1 aliphatic rings. The van der Waals surface area contributed by atoms with Crippen molar-refractivity contribution in [3.8, 4) is 0 Å². The molecule has 0 bridgehead atoms. The van der Waals surface area contributed by atoms with Gasteiger partial charge in [-0.1, -0.05) is 66.2 Å². The van der Waals surface area contributed by atoms with E-state index in [4.69, 9.17) is 11.6 Å². The monoisotopic (exact) mass is 417 g/mol. The zero-order chi connectivity index (χ0) is 21.5. The maximum absolute atomic E-state index is 13.5. The molecule has 0 heterocycles. The highest BCUT2D eigenvalue weighted by atomic mass is 35.5. The first-order chi connectivity index (χ1) is 14.3. The summed E-state index contributed by atoms with van der Waals surface area (Å²) in [5.74, 6) is -1.11. The van der Waals surface area contributed by atoms with Crippen molar-refractivity contribution in [1.29, 1.82) is 0 Å². The van der Waals surface area contributed by atoms with Crippen LogP contribution in [-0.4, -0.2) is 17.5 Å². The van der Waals surface area contributed by atoms with Gasteiger partial charge in [-0.15, -0.1) is 0 Å². The lowest BCUT2D eigenvalue weighted by molar-refractivity contribution is -0.116. The van der Waals surface area contributed by atoms with Crippen molar-refractivity contribution in [3.63, 3.8) is 0 Å². The summed E-state index contributed by atoms with van der Waals surface area (Å²) in [4.78, 5) is 40.1. The van der Waals surface area contributed by atoms with Gasteiger partial charge in [0.25, 0.3) is 0 Å². The fourth-order valence-corrected chi connectivity index (χ4v) is 4.26. The van der Waals surface area contributed by atoms with Gasteiger partial charge in [-0.2, -0.15) is 0 Å². The van der Waals surface area contributed by atoms with Crippen LogP contribution in [0.2, 0.25) is 5.02 Å². The predicted molar refractivity (Wildman–Crippen MR) is 117 cm³/mol. The SMILES string of the molecule is Cc1cccc(C)c1NC(=O)CC1(c2ccc(Cl)cc2)C(=O)c2ccccc2C1=O. The molecule has 0 fully saturated rings. The van der Waals surface area contributed by atoms with E-state index in [-0.39, 0.29) is 18.0 Å². The number of rotatable bonds is 4. The summed E-state index contributed by atoms with van der Waals surface area (Å²) in [6.07, 6.45) is -0.283. The molecule has 5 heteroatoms. The van der Waals surface area contributed by atoms with Crippen LogP contribution in [0.1, 0.15) is 43.8 Å². The molecule has 0 aromatic heterocycles. The summed E-state index contributed by atoms with van der Waals surface area (Å²) >= 11 is 6.02. The second-order valence-corrected chi connectivity index (χ2v) is 8.04. The standard InChI is InChI=1S/C25H20ClNO3/c1-15-6-5-7-16(2)22(15)27-21(28)14-25(17-10-12-18(26)13-11-17)23(29)19-8-3-4-9-20(19)24(25)30/h3-13H,14H2,1-2H3,(H,27,28). The zero-order valence-corrected chi connectivity index (χ0v) is 17.4. The number of carbonyl (C=O) groups is 3. The third kappa shape index (κ3) is 3.14. The quantitative estimate of drug-likeness (QED) is 0.585. The summed E-state index contributed by atoms with van der Waals surface area (Å²) in [5, 5.41) is 3.40. The Hall–Kier alpha value is -3.24. The molecule has 0 unspecified atom stereocenters. The van der Waals surface area contributed by atoms with E-state index in [1.54, 1.807) is 48.5 Å². The molecule has 150 valence electrons. The first-order valence-electron chi connectivity index (χ1n) is 9.65. The number of fused-ring (bicyclic) bond motifs is 1. The van der Waals surface area contributed by atoms with E-state index < -0.39 is 11.3 Å². The fourth-order valence-electron chi connectivity index (χ4n) is 4.14. The molecule has 0 saturated heterocycles. The topological polar surface area (TPSA) is 63.2 Å². The molecule has 3 aromatic carbocycles. The maximum Gasteiger partial charge on any atom is 0.226 e. The Labute approximate surface area is 179 Å². The number of Topliss-reactive ketones (excluding diaryl/α,β-unsaturated/α-hetero) is 2. The lowest BCUT2D eigenvalue weighted by atomic mass is 9.73. The Morgan fingerprint density at radius 2 is 1.37 bits per heavy atom. The molecule has 0 saturated carbocycles. The summed E-state index contributed by atoms with van der Waals surface area (Å²) in [6, 6.07) is 19.0. The largest absolute Gasteiger partial charge is 0.326 e. The highest BCUT2D eigenvalue weighted by Crippen LogP contribution is 2.43. The van der Waals surface area contributed by atoms with Gasteiger partial charge in [0.15, 0.2) is 11.6 Å². The van der Waals surface area contributed by atoms with Crippen molar-refractivity contribution in [3.05, 3.63) is 99.6 Å². The number of amides is 1. The van der Waals surface area contributed by atoms with Crippen LogP contribution < -0.4 is 5.32 Å². The molecule has 1 amide bonds. The molecule has 1 N–H and O–H groups in total. The average molecular weight is 418 g/mol. The molecule has 0 radical (unpaired) electrons. The average Bonchev–Trinajstić information content (AvgIpc) is 2.94. The molecule has 3 aromatic rings. The Morgan fingerprint density at radius 1 is 0.833 bits per heavy atom. The third-order valence-corrected chi connectivity index (χ3v) is 5.95. The van der Waals surface area contributed by atoms with Gasteiger partial charge in [-0.25, -0.2) is 0 Å². The van der Waals surface area contributed by atoms with Crippen molar-refractivity contribution >= 4 is 34.8 Å². The van der Waals surface area contributed by atoms with Crippen molar-refractivity contribution in [2.75, 3.05) is 5.32 Å². The van der Waals surface area contributed by atoms with Crippen LogP contribution >= 0.6 is 11.6 Å². The van der Waals surface area contributed by atoms with Gasteiger partial charge in [0.2, 0.25) is 5.91 Å². The number of anilines is 1. The molecular weight excluding hydrogens is 398 g/mol. The van der Waals surface area contributed by atoms with Gasteiger partial charge in [0.05, 0.1) is 6.42 Å². The number of hydrogen-bond donors (Lipinski definition) is 1. The van der Waals surface area contributed by atoms with E-state index >= 15 is 0 Å².